The molecule has 0 aromatic rings. The van der Waals surface area contributed by atoms with Crippen LogP contribution in [0, 0.1) is 0 Å². The molecule has 0 saturated heterocycles. The van der Waals surface area contributed by atoms with Crippen molar-refractivity contribution in [1.82, 2.24) is 10.7 Å². The van der Waals surface area contributed by atoms with Crippen molar-refractivity contribution in [3.05, 3.63) is 0 Å². The van der Waals surface area contributed by atoms with E-state index >= 15 is 0 Å². The summed E-state index contributed by atoms with van der Waals surface area (Å²) in [6.07, 6.45) is 9.53. The van der Waals surface area contributed by atoms with Crippen LogP contribution in [-0.4, -0.2) is 31.1 Å². The van der Waals surface area contributed by atoms with Crippen LogP contribution < -0.4 is 16.6 Å². The van der Waals surface area contributed by atoms with Crippen molar-refractivity contribution >= 4 is 17.7 Å². The number of guanidine groups is 1. The average Bonchev–Trinajstić information content (AvgIpc) is 2.35. The van der Waals surface area contributed by atoms with Crippen molar-refractivity contribution in [3.63, 3.8) is 0 Å². The van der Waals surface area contributed by atoms with Gasteiger partial charge in [0.1, 0.15) is 0 Å². The third-order valence-corrected chi connectivity index (χ3v) is 3.18. The number of rotatable bonds is 10. The van der Waals surface area contributed by atoms with Crippen LogP contribution in [0.15, 0.2) is 4.99 Å². The minimum Gasteiger partial charge on any atom is -0.355 e. The van der Waals surface area contributed by atoms with E-state index < -0.39 is 0 Å². The first-order valence-corrected chi connectivity index (χ1v) is 7.98. The summed E-state index contributed by atoms with van der Waals surface area (Å²) in [7, 11) is 0. The molecule has 0 heterocycles. The van der Waals surface area contributed by atoms with E-state index in [2.05, 4.69) is 28.9 Å². The third kappa shape index (κ3) is 11.8. The van der Waals surface area contributed by atoms with E-state index in [9.17, 15) is 0 Å². The van der Waals surface area contributed by atoms with Gasteiger partial charge in [-0.05, 0) is 31.3 Å². The number of unbranched alkanes of at least 4 members (excludes halogenated alkanes) is 4. The van der Waals surface area contributed by atoms with Gasteiger partial charge in [0, 0.05) is 13.1 Å². The average molecular weight is 260 g/mol. The Balaban J connectivity index is 3.44. The van der Waals surface area contributed by atoms with Gasteiger partial charge in [-0.2, -0.15) is 11.8 Å². The molecule has 5 heteroatoms. The summed E-state index contributed by atoms with van der Waals surface area (Å²) in [5, 5.41) is 3.19. The maximum absolute atomic E-state index is 5.39. The third-order valence-electron chi connectivity index (χ3n) is 2.49. The summed E-state index contributed by atoms with van der Waals surface area (Å²) < 4.78 is 0. The first-order chi connectivity index (χ1) is 8.35. The molecule has 0 aromatic carbocycles. The maximum Gasteiger partial charge on any atom is 0.205 e. The maximum atomic E-state index is 5.39. The Morgan fingerprint density at radius 2 is 1.94 bits per heavy atom. The van der Waals surface area contributed by atoms with Gasteiger partial charge in [0.2, 0.25) is 5.96 Å². The summed E-state index contributed by atoms with van der Waals surface area (Å²) in [6.45, 7) is 3.97. The van der Waals surface area contributed by atoms with Crippen LogP contribution in [0.4, 0.5) is 0 Å². The summed E-state index contributed by atoms with van der Waals surface area (Å²) in [6, 6.07) is 0. The molecule has 17 heavy (non-hydrogen) atoms. The SMILES string of the molecule is CCCCNC(=NCCCCCCSC)NN. The predicted octanol–water partition coefficient (Wildman–Crippen LogP) is 2.12. The van der Waals surface area contributed by atoms with E-state index in [1.807, 2.05) is 11.8 Å². The van der Waals surface area contributed by atoms with E-state index in [-0.39, 0.29) is 0 Å². The largest absolute Gasteiger partial charge is 0.355 e. The molecule has 0 rings (SSSR count). The molecule has 102 valence electrons. The smallest absolute Gasteiger partial charge is 0.205 e. The van der Waals surface area contributed by atoms with E-state index in [1.54, 1.807) is 0 Å². The monoisotopic (exact) mass is 260 g/mol. The summed E-state index contributed by atoms with van der Waals surface area (Å²) in [5.41, 5.74) is 2.61. The van der Waals surface area contributed by atoms with Crippen LogP contribution in [0.3, 0.4) is 0 Å². The van der Waals surface area contributed by atoms with Gasteiger partial charge in [-0.1, -0.05) is 26.2 Å². The number of thioether (sulfide) groups is 1. The Morgan fingerprint density at radius 3 is 2.59 bits per heavy atom. The molecule has 0 saturated carbocycles. The van der Waals surface area contributed by atoms with Crippen molar-refractivity contribution in [3.8, 4) is 0 Å². The first-order valence-electron chi connectivity index (χ1n) is 6.59. The van der Waals surface area contributed by atoms with Gasteiger partial charge < -0.3 is 5.32 Å². The standard InChI is InChI=1S/C12H28N4S/c1-3-4-9-14-12(16-13)15-10-7-5-6-8-11-17-2/h3-11,13H2,1-2H3,(H2,14,15,16). The van der Waals surface area contributed by atoms with E-state index in [0.717, 1.165) is 31.9 Å². The highest BCUT2D eigenvalue weighted by Gasteiger charge is 1.94. The van der Waals surface area contributed by atoms with E-state index in [0.29, 0.717) is 0 Å². The van der Waals surface area contributed by atoms with Crippen LogP contribution in [0.2, 0.25) is 0 Å². The molecule has 4 N–H and O–H groups in total. The molecule has 4 nitrogen and oxygen atoms in total. The van der Waals surface area contributed by atoms with E-state index in [1.165, 1.54) is 31.4 Å². The van der Waals surface area contributed by atoms with Crippen molar-refractivity contribution in [2.75, 3.05) is 25.1 Å². The number of aliphatic imine (C=N–C) groups is 1. The number of hydrazine groups is 1. The number of hydrogen-bond donors (Lipinski definition) is 3. The zero-order valence-corrected chi connectivity index (χ0v) is 12.1. The minimum absolute atomic E-state index is 0.725. The van der Waals surface area contributed by atoms with Crippen molar-refractivity contribution in [1.29, 1.82) is 0 Å². The van der Waals surface area contributed by atoms with Crippen LogP contribution in [0.25, 0.3) is 0 Å². The molecule has 0 radical (unpaired) electrons. The highest BCUT2D eigenvalue weighted by Crippen LogP contribution is 2.04. The van der Waals surface area contributed by atoms with Gasteiger partial charge in [-0.15, -0.1) is 0 Å². The lowest BCUT2D eigenvalue weighted by Gasteiger charge is -2.08. The Kier molecular flexibility index (Phi) is 13.3. The van der Waals surface area contributed by atoms with Gasteiger partial charge in [-0.25, -0.2) is 5.84 Å². The van der Waals surface area contributed by atoms with Gasteiger partial charge in [0.05, 0.1) is 0 Å². The molecule has 0 unspecified atom stereocenters. The Bertz CT molecular complexity index is 185. The molecule has 0 aliphatic carbocycles. The molecule has 0 fully saturated rings. The molecule has 0 amide bonds. The Hall–Kier alpha value is -0.420. The number of hydrogen-bond acceptors (Lipinski definition) is 3. The lowest BCUT2D eigenvalue weighted by Crippen LogP contribution is -2.42. The Labute approximate surface area is 110 Å². The van der Waals surface area contributed by atoms with Crippen molar-refractivity contribution in [2.24, 2.45) is 10.8 Å². The van der Waals surface area contributed by atoms with Crippen LogP contribution in [-0.2, 0) is 0 Å². The summed E-state index contributed by atoms with van der Waals surface area (Å²) >= 11 is 1.92. The fraction of sp³-hybridized carbons (Fsp3) is 0.917. The zero-order chi connectivity index (χ0) is 12.8. The van der Waals surface area contributed by atoms with Gasteiger partial charge >= 0.3 is 0 Å². The normalized spacial score (nSPS) is 11.6. The number of nitrogens with two attached hydrogens (primary N) is 1. The number of nitrogens with zero attached hydrogens (tertiary/aromatic N) is 1. The van der Waals surface area contributed by atoms with Gasteiger partial charge in [-0.3, -0.25) is 10.4 Å². The highest BCUT2D eigenvalue weighted by molar-refractivity contribution is 7.98. The van der Waals surface area contributed by atoms with Crippen molar-refractivity contribution < 1.29 is 0 Å². The van der Waals surface area contributed by atoms with Crippen molar-refractivity contribution in [2.45, 2.75) is 45.4 Å². The van der Waals surface area contributed by atoms with Crippen LogP contribution in [0.5, 0.6) is 0 Å². The molecule has 0 aliphatic heterocycles. The second kappa shape index (κ2) is 13.6. The zero-order valence-electron chi connectivity index (χ0n) is 11.3. The fourth-order valence-corrected chi connectivity index (χ4v) is 1.93. The quantitative estimate of drug-likeness (QED) is 0.185. The minimum atomic E-state index is 0.725. The second-order valence-electron chi connectivity index (χ2n) is 4.06. The van der Waals surface area contributed by atoms with Crippen LogP contribution in [0.1, 0.15) is 45.4 Å². The summed E-state index contributed by atoms with van der Waals surface area (Å²) in [5.74, 6) is 7.39. The highest BCUT2D eigenvalue weighted by atomic mass is 32.2. The molecule has 0 atom stereocenters. The van der Waals surface area contributed by atoms with Crippen LogP contribution >= 0.6 is 11.8 Å². The molecule has 0 bridgehead atoms. The van der Waals surface area contributed by atoms with Gasteiger partial charge in [0.15, 0.2) is 0 Å². The molecule has 0 aliphatic rings. The topological polar surface area (TPSA) is 62.4 Å². The molecular weight excluding hydrogens is 232 g/mol. The predicted molar refractivity (Wildman–Crippen MR) is 79.4 cm³/mol. The lowest BCUT2D eigenvalue weighted by atomic mass is 10.2. The fourth-order valence-electron chi connectivity index (χ4n) is 1.44. The summed E-state index contributed by atoms with van der Waals surface area (Å²) in [4.78, 5) is 4.40. The Morgan fingerprint density at radius 1 is 1.18 bits per heavy atom. The second-order valence-corrected chi connectivity index (χ2v) is 5.05. The molecule has 0 aromatic heterocycles. The first kappa shape index (κ1) is 16.6. The lowest BCUT2D eigenvalue weighted by molar-refractivity contribution is 0.671. The van der Waals surface area contributed by atoms with Gasteiger partial charge in [0.25, 0.3) is 0 Å². The van der Waals surface area contributed by atoms with E-state index in [4.69, 9.17) is 5.84 Å². The molecular formula is C12H28N4S. The number of nitrogens with one attached hydrogen (secondary N) is 2. The molecule has 0 spiro atoms.